The number of esters is 1. The van der Waals surface area contributed by atoms with Crippen molar-refractivity contribution in [3.8, 4) is 0 Å². The van der Waals surface area contributed by atoms with Crippen molar-refractivity contribution in [2.24, 2.45) is 0 Å². The second-order valence-electron chi connectivity index (χ2n) is 4.78. The minimum Gasteiger partial charge on any atom is -0.481 e. The van der Waals surface area contributed by atoms with Crippen molar-refractivity contribution in [3.05, 3.63) is 34.0 Å². The Morgan fingerprint density at radius 1 is 1.43 bits per heavy atom. The Hall–Kier alpha value is -2.08. The smallest absolute Gasteiger partial charge is 0.355 e. The Bertz CT molecular complexity index is 617. The highest BCUT2D eigenvalue weighted by Gasteiger charge is 2.41. The summed E-state index contributed by atoms with van der Waals surface area (Å²) in [5.41, 5.74) is 0.797. The predicted molar refractivity (Wildman–Crippen MR) is 74.5 cm³/mol. The monoisotopic (exact) mass is 311 g/mol. The van der Waals surface area contributed by atoms with Gasteiger partial charge in [-0.25, -0.2) is 4.79 Å². The van der Waals surface area contributed by atoms with Gasteiger partial charge in [-0.1, -0.05) is 17.7 Å². The van der Waals surface area contributed by atoms with E-state index in [-0.39, 0.29) is 17.3 Å². The van der Waals surface area contributed by atoms with Crippen LogP contribution in [-0.2, 0) is 19.1 Å². The summed E-state index contributed by atoms with van der Waals surface area (Å²) in [7, 11) is 2.87. The largest absolute Gasteiger partial charge is 0.481 e. The van der Waals surface area contributed by atoms with Crippen molar-refractivity contribution in [2.45, 2.75) is 18.9 Å². The van der Waals surface area contributed by atoms with Crippen molar-refractivity contribution >= 4 is 29.3 Å². The summed E-state index contributed by atoms with van der Waals surface area (Å²) >= 11 is 6.00. The third kappa shape index (κ3) is 2.71. The third-order valence-corrected chi connectivity index (χ3v) is 3.79. The molecule has 1 unspecified atom stereocenters. The van der Waals surface area contributed by atoms with Crippen LogP contribution < -0.4 is 0 Å². The number of nitrogens with zero attached hydrogens (tertiary/aromatic N) is 1. The molecule has 0 fully saturated rings. The fourth-order valence-corrected chi connectivity index (χ4v) is 2.79. The maximum absolute atomic E-state index is 12.2. The van der Waals surface area contributed by atoms with E-state index in [1.54, 1.807) is 24.1 Å². The van der Waals surface area contributed by atoms with E-state index in [0.29, 0.717) is 17.0 Å². The third-order valence-electron chi connectivity index (χ3n) is 3.51. The number of hydrogen-bond acceptors (Lipinski definition) is 5. The summed E-state index contributed by atoms with van der Waals surface area (Å²) < 4.78 is 4.71. The number of ketones is 1. The van der Waals surface area contributed by atoms with Crippen LogP contribution in [0.15, 0.2) is 34.0 Å². The Labute approximate surface area is 126 Å². The molecule has 1 atom stereocenters. The molecule has 112 valence electrons. The molecule has 1 N–H and O–H groups in total. The molecule has 0 aromatic carbocycles. The van der Waals surface area contributed by atoms with Gasteiger partial charge in [0.05, 0.1) is 18.7 Å². The minimum absolute atomic E-state index is 0.0831. The lowest BCUT2D eigenvalue weighted by Crippen LogP contribution is -2.31. The zero-order valence-electron chi connectivity index (χ0n) is 11.6. The fourth-order valence-electron chi connectivity index (χ4n) is 2.58. The first-order valence-electron chi connectivity index (χ1n) is 6.23. The number of aliphatic carboxylic acids is 1. The number of carbonyl (C=O) groups is 3. The van der Waals surface area contributed by atoms with Gasteiger partial charge in [0.15, 0.2) is 5.78 Å². The summed E-state index contributed by atoms with van der Waals surface area (Å²) in [6.07, 6.45) is 3.08. The van der Waals surface area contributed by atoms with Gasteiger partial charge in [-0.3, -0.25) is 9.59 Å². The number of ether oxygens (including phenoxy) is 1. The highest BCUT2D eigenvalue weighted by atomic mass is 35.5. The second kappa shape index (κ2) is 5.73. The van der Waals surface area contributed by atoms with E-state index >= 15 is 0 Å². The lowest BCUT2D eigenvalue weighted by atomic mass is 9.92. The molecule has 7 heteroatoms. The summed E-state index contributed by atoms with van der Waals surface area (Å²) in [6, 6.07) is -0.260. The standard InChI is InChI=1S/C14H14ClNO5/c1-16-9-5-7(15)3-4-8(9)12(10(17)6-11(18)19)13(16)14(20)21-2/h3-4,9H,5-6H2,1-2H3,(H,18,19). The molecule has 0 aromatic heterocycles. The van der Waals surface area contributed by atoms with E-state index in [2.05, 4.69) is 0 Å². The predicted octanol–water partition coefficient (Wildman–Crippen LogP) is 1.22. The molecule has 1 aliphatic heterocycles. The van der Waals surface area contributed by atoms with Gasteiger partial charge in [-0.15, -0.1) is 0 Å². The number of Topliss-reactive ketones (excluding diaryl/α,β-unsaturated/α-hetero) is 1. The molecule has 21 heavy (non-hydrogen) atoms. The zero-order chi connectivity index (χ0) is 15.7. The number of rotatable bonds is 4. The van der Waals surface area contributed by atoms with E-state index < -0.39 is 24.1 Å². The molecule has 1 aliphatic carbocycles. The van der Waals surface area contributed by atoms with Gasteiger partial charge in [0.2, 0.25) is 0 Å². The number of carboxylic acids is 1. The summed E-state index contributed by atoms with van der Waals surface area (Å²) in [5, 5.41) is 9.41. The summed E-state index contributed by atoms with van der Waals surface area (Å²) in [5.74, 6) is -2.53. The maximum Gasteiger partial charge on any atom is 0.355 e. The molecule has 0 amide bonds. The van der Waals surface area contributed by atoms with Crippen molar-refractivity contribution in [1.29, 1.82) is 0 Å². The SMILES string of the molecule is COC(=O)C1=C(C(=O)CC(=O)O)C2=CC=C(Cl)CC2N1C. The quantitative estimate of drug-likeness (QED) is 0.621. The first-order valence-corrected chi connectivity index (χ1v) is 6.61. The molecule has 1 heterocycles. The normalized spacial score (nSPS) is 20.7. The van der Waals surface area contributed by atoms with E-state index in [4.69, 9.17) is 21.4 Å². The van der Waals surface area contributed by atoms with Gasteiger partial charge in [-0.2, -0.15) is 0 Å². The van der Waals surface area contributed by atoms with E-state index in [1.807, 2.05) is 0 Å². The van der Waals surface area contributed by atoms with Gasteiger partial charge in [0.25, 0.3) is 0 Å². The molecular weight excluding hydrogens is 298 g/mol. The number of likely N-dealkylation sites (N-methyl/N-ethyl adjacent to an activating group) is 1. The van der Waals surface area contributed by atoms with Crippen LogP contribution in [0.3, 0.4) is 0 Å². The van der Waals surface area contributed by atoms with Crippen molar-refractivity contribution in [2.75, 3.05) is 14.2 Å². The van der Waals surface area contributed by atoms with Crippen LogP contribution in [0.25, 0.3) is 0 Å². The van der Waals surface area contributed by atoms with Crippen LogP contribution in [-0.4, -0.2) is 47.9 Å². The number of hydrogen-bond donors (Lipinski definition) is 1. The molecule has 2 rings (SSSR count). The van der Waals surface area contributed by atoms with Gasteiger partial charge >= 0.3 is 11.9 Å². The van der Waals surface area contributed by atoms with Crippen molar-refractivity contribution in [1.82, 2.24) is 4.90 Å². The molecule has 0 aromatic rings. The number of fused-ring (bicyclic) bond motifs is 1. The molecule has 2 aliphatic rings. The Balaban J connectivity index is 2.54. The Kier molecular flexibility index (Phi) is 4.18. The first-order chi connectivity index (χ1) is 9.86. The average Bonchev–Trinajstić information content (AvgIpc) is 2.70. The summed E-state index contributed by atoms with van der Waals surface area (Å²) in [4.78, 5) is 36.5. The topological polar surface area (TPSA) is 83.9 Å². The number of allylic oxidation sites excluding steroid dienone is 2. The van der Waals surface area contributed by atoms with Crippen LogP contribution in [0.2, 0.25) is 0 Å². The fraction of sp³-hybridized carbons (Fsp3) is 0.357. The van der Waals surface area contributed by atoms with Crippen molar-refractivity contribution in [3.63, 3.8) is 0 Å². The average molecular weight is 312 g/mol. The van der Waals surface area contributed by atoms with Gasteiger partial charge in [0.1, 0.15) is 12.1 Å². The van der Waals surface area contributed by atoms with Gasteiger partial charge in [-0.05, 0) is 11.6 Å². The number of halogens is 1. The lowest BCUT2D eigenvalue weighted by molar-refractivity contribution is -0.140. The molecule has 0 saturated carbocycles. The molecule has 0 saturated heterocycles. The zero-order valence-corrected chi connectivity index (χ0v) is 12.3. The molecule has 0 bridgehead atoms. The second-order valence-corrected chi connectivity index (χ2v) is 5.26. The van der Waals surface area contributed by atoms with E-state index in [9.17, 15) is 14.4 Å². The molecule has 6 nitrogen and oxygen atoms in total. The van der Waals surface area contributed by atoms with E-state index in [1.165, 1.54) is 7.11 Å². The molecule has 0 radical (unpaired) electrons. The van der Waals surface area contributed by atoms with Crippen LogP contribution in [0.5, 0.6) is 0 Å². The molecular formula is C14H14ClNO5. The number of carboxylic acid groups (broad SMARTS) is 1. The number of methoxy groups -OCH3 is 1. The summed E-state index contributed by atoms with van der Waals surface area (Å²) in [6.45, 7) is 0. The van der Waals surface area contributed by atoms with Crippen LogP contribution in [0.4, 0.5) is 0 Å². The van der Waals surface area contributed by atoms with Crippen LogP contribution >= 0.6 is 11.6 Å². The Morgan fingerprint density at radius 3 is 2.67 bits per heavy atom. The molecule has 0 spiro atoms. The van der Waals surface area contributed by atoms with Gasteiger partial charge < -0.3 is 14.7 Å². The van der Waals surface area contributed by atoms with Gasteiger partial charge in [0, 0.05) is 18.5 Å². The first kappa shape index (κ1) is 15.3. The van der Waals surface area contributed by atoms with E-state index in [0.717, 1.165) is 0 Å². The van der Waals surface area contributed by atoms with Crippen molar-refractivity contribution < 1.29 is 24.2 Å². The van der Waals surface area contributed by atoms with Crippen LogP contribution in [0, 0.1) is 0 Å². The highest BCUT2D eigenvalue weighted by Crippen LogP contribution is 2.40. The number of carbonyl (C=O) groups excluding carboxylic acids is 2. The minimum atomic E-state index is -1.24. The lowest BCUT2D eigenvalue weighted by Gasteiger charge is -2.26. The van der Waals surface area contributed by atoms with Crippen LogP contribution in [0.1, 0.15) is 12.8 Å². The Morgan fingerprint density at radius 2 is 2.10 bits per heavy atom. The highest BCUT2D eigenvalue weighted by molar-refractivity contribution is 6.30. The maximum atomic E-state index is 12.2.